The molecule has 0 amide bonds. The highest BCUT2D eigenvalue weighted by Crippen LogP contribution is 2.17. The topological polar surface area (TPSA) is 39.6 Å². The summed E-state index contributed by atoms with van der Waals surface area (Å²) in [6, 6.07) is 4.55. The SMILES string of the molecule is Cc1cc(CO)cc(N2CCN(C(C)C)CC2)n1. The lowest BCUT2D eigenvalue weighted by atomic mass is 10.2. The van der Waals surface area contributed by atoms with E-state index in [-0.39, 0.29) is 6.61 Å². The Labute approximate surface area is 109 Å². The highest BCUT2D eigenvalue weighted by molar-refractivity contribution is 5.43. The average Bonchev–Trinajstić information content (AvgIpc) is 2.38. The number of rotatable bonds is 3. The molecular formula is C14H23N3O. The molecule has 0 aromatic carbocycles. The van der Waals surface area contributed by atoms with E-state index in [2.05, 4.69) is 28.6 Å². The zero-order valence-electron chi connectivity index (χ0n) is 11.6. The molecule has 1 saturated heterocycles. The van der Waals surface area contributed by atoms with Crippen LogP contribution in [0.4, 0.5) is 5.82 Å². The minimum atomic E-state index is 0.0856. The maximum atomic E-state index is 9.25. The number of aromatic nitrogens is 1. The minimum Gasteiger partial charge on any atom is -0.392 e. The zero-order valence-corrected chi connectivity index (χ0v) is 11.6. The third-order valence-corrected chi connectivity index (χ3v) is 3.55. The second-order valence-corrected chi connectivity index (χ2v) is 5.25. The van der Waals surface area contributed by atoms with Gasteiger partial charge >= 0.3 is 0 Å². The van der Waals surface area contributed by atoms with Crippen LogP contribution < -0.4 is 4.90 Å². The van der Waals surface area contributed by atoms with Gasteiger partial charge in [0.15, 0.2) is 0 Å². The van der Waals surface area contributed by atoms with Gasteiger partial charge in [-0.1, -0.05) is 0 Å². The quantitative estimate of drug-likeness (QED) is 0.879. The van der Waals surface area contributed by atoms with Crippen LogP contribution in [0.1, 0.15) is 25.1 Å². The lowest BCUT2D eigenvalue weighted by Gasteiger charge is -2.37. The molecule has 0 aliphatic carbocycles. The van der Waals surface area contributed by atoms with Crippen molar-refractivity contribution in [2.45, 2.75) is 33.4 Å². The van der Waals surface area contributed by atoms with Gasteiger partial charge in [0, 0.05) is 37.9 Å². The van der Waals surface area contributed by atoms with E-state index < -0.39 is 0 Å². The molecule has 0 radical (unpaired) electrons. The normalized spacial score (nSPS) is 17.5. The van der Waals surface area contributed by atoms with Crippen LogP contribution in [0.5, 0.6) is 0 Å². The molecule has 1 aromatic rings. The maximum Gasteiger partial charge on any atom is 0.129 e. The second kappa shape index (κ2) is 5.67. The van der Waals surface area contributed by atoms with Crippen molar-refractivity contribution in [3.05, 3.63) is 23.4 Å². The Balaban J connectivity index is 2.07. The number of piperazine rings is 1. The van der Waals surface area contributed by atoms with Crippen molar-refractivity contribution in [3.8, 4) is 0 Å². The van der Waals surface area contributed by atoms with E-state index in [0.717, 1.165) is 43.3 Å². The second-order valence-electron chi connectivity index (χ2n) is 5.25. The molecule has 0 saturated carbocycles. The summed E-state index contributed by atoms with van der Waals surface area (Å²) in [4.78, 5) is 9.37. The molecule has 100 valence electrons. The van der Waals surface area contributed by atoms with Crippen LogP contribution in [-0.4, -0.2) is 47.2 Å². The molecule has 2 heterocycles. The molecule has 1 aromatic heterocycles. The highest BCUT2D eigenvalue weighted by Gasteiger charge is 2.19. The number of hydrogen-bond donors (Lipinski definition) is 1. The molecule has 0 bridgehead atoms. The summed E-state index contributed by atoms with van der Waals surface area (Å²) in [5, 5.41) is 9.25. The Hall–Kier alpha value is -1.13. The number of anilines is 1. The monoisotopic (exact) mass is 249 g/mol. The van der Waals surface area contributed by atoms with Gasteiger partial charge in [0.05, 0.1) is 6.61 Å². The molecule has 0 atom stereocenters. The molecule has 0 spiro atoms. The minimum absolute atomic E-state index is 0.0856. The van der Waals surface area contributed by atoms with Crippen LogP contribution in [0.15, 0.2) is 12.1 Å². The summed E-state index contributed by atoms with van der Waals surface area (Å²) in [7, 11) is 0. The smallest absolute Gasteiger partial charge is 0.129 e. The summed E-state index contributed by atoms with van der Waals surface area (Å²) in [5.74, 6) is 1.00. The number of hydrogen-bond acceptors (Lipinski definition) is 4. The van der Waals surface area contributed by atoms with Gasteiger partial charge in [-0.05, 0) is 38.5 Å². The molecular weight excluding hydrogens is 226 g/mol. The maximum absolute atomic E-state index is 9.25. The fraction of sp³-hybridized carbons (Fsp3) is 0.643. The van der Waals surface area contributed by atoms with Crippen molar-refractivity contribution in [2.75, 3.05) is 31.1 Å². The summed E-state index contributed by atoms with van der Waals surface area (Å²) < 4.78 is 0. The fourth-order valence-corrected chi connectivity index (χ4v) is 2.44. The first-order valence-corrected chi connectivity index (χ1v) is 6.67. The Morgan fingerprint density at radius 1 is 1.22 bits per heavy atom. The molecule has 2 rings (SSSR count). The van der Waals surface area contributed by atoms with Gasteiger partial charge in [0.25, 0.3) is 0 Å². The van der Waals surface area contributed by atoms with E-state index in [1.807, 2.05) is 19.1 Å². The first-order chi connectivity index (χ1) is 8.60. The summed E-state index contributed by atoms with van der Waals surface area (Å²) in [6.07, 6.45) is 0. The summed E-state index contributed by atoms with van der Waals surface area (Å²) in [6.45, 7) is 10.7. The van der Waals surface area contributed by atoms with Crippen LogP contribution >= 0.6 is 0 Å². The van der Waals surface area contributed by atoms with E-state index in [4.69, 9.17) is 0 Å². The van der Waals surface area contributed by atoms with Gasteiger partial charge in [-0.15, -0.1) is 0 Å². The number of aliphatic hydroxyl groups excluding tert-OH is 1. The van der Waals surface area contributed by atoms with Gasteiger partial charge in [-0.2, -0.15) is 0 Å². The predicted octanol–water partition coefficient (Wildman–Crippen LogP) is 1.41. The number of pyridine rings is 1. The Bertz CT molecular complexity index is 398. The largest absolute Gasteiger partial charge is 0.392 e. The van der Waals surface area contributed by atoms with Crippen molar-refractivity contribution < 1.29 is 5.11 Å². The number of aliphatic hydroxyl groups is 1. The van der Waals surface area contributed by atoms with Crippen LogP contribution in [0.25, 0.3) is 0 Å². The fourth-order valence-electron chi connectivity index (χ4n) is 2.44. The van der Waals surface area contributed by atoms with Crippen molar-refractivity contribution >= 4 is 5.82 Å². The molecule has 1 fully saturated rings. The lowest BCUT2D eigenvalue weighted by molar-refractivity contribution is 0.209. The van der Waals surface area contributed by atoms with Crippen molar-refractivity contribution in [3.63, 3.8) is 0 Å². The van der Waals surface area contributed by atoms with Gasteiger partial charge < -0.3 is 10.0 Å². The molecule has 1 aliphatic rings. The first-order valence-electron chi connectivity index (χ1n) is 6.67. The van der Waals surface area contributed by atoms with Gasteiger partial charge in [0.1, 0.15) is 5.82 Å². The molecule has 18 heavy (non-hydrogen) atoms. The van der Waals surface area contributed by atoms with Gasteiger partial charge in [-0.3, -0.25) is 4.90 Å². The van der Waals surface area contributed by atoms with E-state index in [0.29, 0.717) is 6.04 Å². The number of aryl methyl sites for hydroxylation is 1. The lowest BCUT2D eigenvalue weighted by Crippen LogP contribution is -2.49. The van der Waals surface area contributed by atoms with Crippen LogP contribution in [-0.2, 0) is 6.61 Å². The van der Waals surface area contributed by atoms with E-state index in [1.165, 1.54) is 0 Å². The van der Waals surface area contributed by atoms with Crippen LogP contribution in [0, 0.1) is 6.92 Å². The van der Waals surface area contributed by atoms with Crippen molar-refractivity contribution in [2.24, 2.45) is 0 Å². The van der Waals surface area contributed by atoms with Gasteiger partial charge in [0.2, 0.25) is 0 Å². The summed E-state index contributed by atoms with van der Waals surface area (Å²) in [5.41, 5.74) is 1.92. The van der Waals surface area contributed by atoms with Gasteiger partial charge in [-0.25, -0.2) is 4.98 Å². The first kappa shape index (κ1) is 13.3. The zero-order chi connectivity index (χ0) is 13.1. The van der Waals surface area contributed by atoms with E-state index >= 15 is 0 Å². The predicted molar refractivity (Wildman–Crippen MR) is 73.8 cm³/mol. The molecule has 1 aliphatic heterocycles. The third-order valence-electron chi connectivity index (χ3n) is 3.55. The third kappa shape index (κ3) is 3.00. The average molecular weight is 249 g/mol. The van der Waals surface area contributed by atoms with Crippen LogP contribution in [0.2, 0.25) is 0 Å². The molecule has 0 unspecified atom stereocenters. The van der Waals surface area contributed by atoms with Crippen molar-refractivity contribution in [1.82, 2.24) is 9.88 Å². The molecule has 4 nitrogen and oxygen atoms in total. The van der Waals surface area contributed by atoms with E-state index in [1.54, 1.807) is 0 Å². The number of nitrogens with zero attached hydrogens (tertiary/aromatic N) is 3. The summed E-state index contributed by atoms with van der Waals surface area (Å²) >= 11 is 0. The van der Waals surface area contributed by atoms with Crippen molar-refractivity contribution in [1.29, 1.82) is 0 Å². The molecule has 4 heteroatoms. The standard InChI is InChI=1S/C14H23N3O/c1-11(2)16-4-6-17(7-5-16)14-9-13(10-18)8-12(3)15-14/h8-9,11,18H,4-7,10H2,1-3H3. The van der Waals surface area contributed by atoms with Crippen LogP contribution in [0.3, 0.4) is 0 Å². The Kier molecular flexibility index (Phi) is 4.19. The Morgan fingerprint density at radius 2 is 1.89 bits per heavy atom. The van der Waals surface area contributed by atoms with E-state index in [9.17, 15) is 5.11 Å². The Morgan fingerprint density at radius 3 is 2.44 bits per heavy atom. The molecule has 1 N–H and O–H groups in total. The highest BCUT2D eigenvalue weighted by atomic mass is 16.3.